The van der Waals surface area contributed by atoms with Gasteiger partial charge in [-0.25, -0.2) is 0 Å². The zero-order valence-corrected chi connectivity index (χ0v) is 11.9. The highest BCUT2D eigenvalue weighted by Gasteiger charge is 2.22. The van der Waals surface area contributed by atoms with E-state index < -0.39 is 0 Å². The molecule has 0 bridgehead atoms. The Labute approximate surface area is 106 Å². The van der Waals surface area contributed by atoms with Crippen LogP contribution in [0.2, 0.25) is 0 Å². The van der Waals surface area contributed by atoms with E-state index in [0.717, 1.165) is 18.3 Å². The molecule has 2 heteroatoms. The van der Waals surface area contributed by atoms with Crippen molar-refractivity contribution in [3.05, 3.63) is 0 Å². The van der Waals surface area contributed by atoms with E-state index in [2.05, 4.69) is 6.92 Å². The third-order valence-corrected chi connectivity index (χ3v) is 3.72. The first-order chi connectivity index (χ1) is 7.90. The molecule has 1 aliphatic carbocycles. The van der Waals surface area contributed by atoms with Crippen molar-refractivity contribution in [2.75, 3.05) is 0 Å². The van der Waals surface area contributed by atoms with Gasteiger partial charge in [-0.15, -0.1) is 0 Å². The molecule has 1 rings (SSSR count). The van der Waals surface area contributed by atoms with Crippen LogP contribution in [0.4, 0.5) is 0 Å². The summed E-state index contributed by atoms with van der Waals surface area (Å²) < 4.78 is 5.33. The summed E-state index contributed by atoms with van der Waals surface area (Å²) in [5.74, 6) is 1.66. The van der Waals surface area contributed by atoms with Gasteiger partial charge in [-0.1, -0.05) is 39.0 Å². The van der Waals surface area contributed by atoms with Crippen LogP contribution in [-0.2, 0) is 9.53 Å². The molecule has 0 aromatic heterocycles. The Kier molecular flexibility index (Phi) is 5.48. The van der Waals surface area contributed by atoms with Crippen LogP contribution >= 0.6 is 0 Å². The standard InChI is InChI=1S/C15H28O2/c1-5-12-6-8-13(9-7-12)10-11-14(16)17-15(2,3)4/h12-13H,5-11H2,1-4H3. The van der Waals surface area contributed by atoms with Gasteiger partial charge in [0, 0.05) is 6.42 Å². The van der Waals surface area contributed by atoms with Gasteiger partial charge in [0.1, 0.15) is 5.60 Å². The molecule has 17 heavy (non-hydrogen) atoms. The lowest BCUT2D eigenvalue weighted by molar-refractivity contribution is -0.155. The Balaban J connectivity index is 2.17. The molecular formula is C15H28O2. The predicted molar refractivity (Wildman–Crippen MR) is 70.8 cm³/mol. The Morgan fingerprint density at radius 1 is 1.12 bits per heavy atom. The van der Waals surface area contributed by atoms with Crippen LogP contribution in [0.15, 0.2) is 0 Å². The van der Waals surface area contributed by atoms with Crippen LogP contribution in [0.3, 0.4) is 0 Å². The Hall–Kier alpha value is -0.530. The van der Waals surface area contributed by atoms with Gasteiger partial charge in [0.25, 0.3) is 0 Å². The molecule has 0 heterocycles. The maximum absolute atomic E-state index is 11.6. The molecule has 0 aromatic rings. The zero-order chi connectivity index (χ0) is 12.9. The molecule has 0 saturated heterocycles. The van der Waals surface area contributed by atoms with E-state index in [1.165, 1.54) is 32.1 Å². The fourth-order valence-electron chi connectivity index (χ4n) is 2.64. The lowest BCUT2D eigenvalue weighted by Crippen LogP contribution is -2.24. The molecule has 0 spiro atoms. The molecule has 0 atom stereocenters. The summed E-state index contributed by atoms with van der Waals surface area (Å²) in [7, 11) is 0. The van der Waals surface area contributed by atoms with Crippen molar-refractivity contribution in [2.45, 2.75) is 78.2 Å². The summed E-state index contributed by atoms with van der Waals surface area (Å²) in [6, 6.07) is 0. The minimum atomic E-state index is -0.336. The normalized spacial score (nSPS) is 25.6. The number of esters is 1. The van der Waals surface area contributed by atoms with Gasteiger partial charge in [0.05, 0.1) is 0 Å². The maximum Gasteiger partial charge on any atom is 0.306 e. The molecule has 0 aromatic carbocycles. The molecule has 0 unspecified atom stereocenters. The Bertz CT molecular complexity index is 232. The van der Waals surface area contributed by atoms with Crippen LogP contribution in [0.25, 0.3) is 0 Å². The second-order valence-electron chi connectivity index (χ2n) is 6.42. The summed E-state index contributed by atoms with van der Waals surface area (Å²) in [6.45, 7) is 8.07. The topological polar surface area (TPSA) is 26.3 Å². The SMILES string of the molecule is CCC1CCC(CCC(=O)OC(C)(C)C)CC1. The summed E-state index contributed by atoms with van der Waals surface area (Å²) in [6.07, 6.45) is 8.26. The molecule has 1 fully saturated rings. The number of rotatable bonds is 4. The lowest BCUT2D eigenvalue weighted by atomic mass is 9.79. The number of ether oxygens (including phenoxy) is 1. The third-order valence-electron chi connectivity index (χ3n) is 3.72. The highest BCUT2D eigenvalue weighted by atomic mass is 16.6. The second kappa shape index (κ2) is 6.42. The first-order valence-corrected chi connectivity index (χ1v) is 7.12. The van der Waals surface area contributed by atoms with Crippen LogP contribution in [0.1, 0.15) is 72.6 Å². The maximum atomic E-state index is 11.6. The van der Waals surface area contributed by atoms with E-state index in [1.54, 1.807) is 0 Å². The summed E-state index contributed by atoms with van der Waals surface area (Å²) >= 11 is 0. The molecule has 0 aliphatic heterocycles. The average Bonchev–Trinajstić information content (AvgIpc) is 2.25. The first-order valence-electron chi connectivity index (χ1n) is 7.12. The molecule has 2 nitrogen and oxygen atoms in total. The average molecular weight is 240 g/mol. The molecular weight excluding hydrogens is 212 g/mol. The van der Waals surface area contributed by atoms with Gasteiger partial charge in [-0.2, -0.15) is 0 Å². The number of hydrogen-bond acceptors (Lipinski definition) is 2. The highest BCUT2D eigenvalue weighted by molar-refractivity contribution is 5.69. The zero-order valence-electron chi connectivity index (χ0n) is 11.9. The van der Waals surface area contributed by atoms with Gasteiger partial charge in [-0.3, -0.25) is 4.79 Å². The Morgan fingerprint density at radius 3 is 2.12 bits per heavy atom. The van der Waals surface area contributed by atoms with Crippen molar-refractivity contribution in [1.29, 1.82) is 0 Å². The number of carbonyl (C=O) groups is 1. The van der Waals surface area contributed by atoms with E-state index in [4.69, 9.17) is 4.74 Å². The fourth-order valence-corrected chi connectivity index (χ4v) is 2.64. The lowest BCUT2D eigenvalue weighted by Gasteiger charge is -2.28. The molecule has 0 radical (unpaired) electrons. The fraction of sp³-hybridized carbons (Fsp3) is 0.933. The van der Waals surface area contributed by atoms with E-state index in [1.807, 2.05) is 20.8 Å². The van der Waals surface area contributed by atoms with Crippen LogP contribution in [-0.4, -0.2) is 11.6 Å². The van der Waals surface area contributed by atoms with Crippen molar-refractivity contribution in [3.63, 3.8) is 0 Å². The van der Waals surface area contributed by atoms with Gasteiger partial charge in [0.2, 0.25) is 0 Å². The highest BCUT2D eigenvalue weighted by Crippen LogP contribution is 2.33. The summed E-state index contributed by atoms with van der Waals surface area (Å²) in [5, 5.41) is 0. The van der Waals surface area contributed by atoms with Crippen molar-refractivity contribution in [3.8, 4) is 0 Å². The van der Waals surface area contributed by atoms with Crippen LogP contribution in [0.5, 0.6) is 0 Å². The quantitative estimate of drug-likeness (QED) is 0.684. The van der Waals surface area contributed by atoms with Gasteiger partial charge >= 0.3 is 5.97 Å². The van der Waals surface area contributed by atoms with E-state index in [-0.39, 0.29) is 11.6 Å². The third kappa shape index (κ3) is 6.09. The monoisotopic (exact) mass is 240 g/mol. The molecule has 1 aliphatic rings. The van der Waals surface area contributed by atoms with Gasteiger partial charge in [0.15, 0.2) is 0 Å². The van der Waals surface area contributed by atoms with Crippen LogP contribution in [0, 0.1) is 11.8 Å². The Morgan fingerprint density at radius 2 is 1.65 bits per heavy atom. The number of carbonyl (C=O) groups excluding carboxylic acids is 1. The largest absolute Gasteiger partial charge is 0.460 e. The van der Waals surface area contributed by atoms with E-state index >= 15 is 0 Å². The van der Waals surface area contributed by atoms with Crippen LogP contribution < -0.4 is 0 Å². The summed E-state index contributed by atoms with van der Waals surface area (Å²) in [4.78, 5) is 11.6. The minimum Gasteiger partial charge on any atom is -0.460 e. The number of hydrogen-bond donors (Lipinski definition) is 0. The van der Waals surface area contributed by atoms with E-state index in [9.17, 15) is 4.79 Å². The minimum absolute atomic E-state index is 0.0323. The molecule has 0 amide bonds. The molecule has 0 N–H and O–H groups in total. The van der Waals surface area contributed by atoms with Gasteiger partial charge in [-0.05, 0) is 39.0 Å². The van der Waals surface area contributed by atoms with Crippen molar-refractivity contribution in [2.24, 2.45) is 11.8 Å². The smallest absolute Gasteiger partial charge is 0.306 e. The molecule has 100 valence electrons. The van der Waals surface area contributed by atoms with Gasteiger partial charge < -0.3 is 4.74 Å². The summed E-state index contributed by atoms with van der Waals surface area (Å²) in [5.41, 5.74) is -0.336. The van der Waals surface area contributed by atoms with Crippen molar-refractivity contribution in [1.82, 2.24) is 0 Å². The molecule has 1 saturated carbocycles. The van der Waals surface area contributed by atoms with E-state index in [0.29, 0.717) is 6.42 Å². The van der Waals surface area contributed by atoms with Crippen molar-refractivity contribution < 1.29 is 9.53 Å². The second-order valence-corrected chi connectivity index (χ2v) is 6.42. The predicted octanol–water partition coefficient (Wildman–Crippen LogP) is 4.32. The van der Waals surface area contributed by atoms with Crippen molar-refractivity contribution >= 4 is 5.97 Å². The first kappa shape index (κ1) is 14.5.